The molecule has 7 heteroatoms. The van der Waals surface area contributed by atoms with Crippen LogP contribution in [0.15, 0.2) is 29.7 Å². The van der Waals surface area contributed by atoms with Crippen molar-refractivity contribution in [3.8, 4) is 0 Å². The van der Waals surface area contributed by atoms with Gasteiger partial charge in [0.25, 0.3) is 0 Å². The van der Waals surface area contributed by atoms with E-state index in [1.54, 1.807) is 22.8 Å². The zero-order valence-corrected chi connectivity index (χ0v) is 12.2. The number of nitrogens with zero attached hydrogens (tertiary/aromatic N) is 1. The first-order chi connectivity index (χ1) is 9.54. The van der Waals surface area contributed by atoms with Gasteiger partial charge >= 0.3 is 11.0 Å². The van der Waals surface area contributed by atoms with E-state index in [9.17, 15) is 14.9 Å². The highest BCUT2D eigenvalue weighted by molar-refractivity contribution is 7.13. The standard InChI is InChI=1S/C13H11NO4S2/c1-9-2-3-11(20-9)4-5-13(15)18-7-10-6-12(14(16)17)19-8-10/h2-6,8H,7H2,1H3/b5-4+. The molecule has 0 bridgehead atoms. The lowest BCUT2D eigenvalue weighted by Gasteiger charge is -1.98. The largest absolute Gasteiger partial charge is 0.458 e. The summed E-state index contributed by atoms with van der Waals surface area (Å²) in [5.74, 6) is -0.468. The molecule has 2 aromatic rings. The first-order valence-electron chi connectivity index (χ1n) is 5.67. The van der Waals surface area contributed by atoms with Gasteiger partial charge in [-0.1, -0.05) is 11.3 Å². The van der Waals surface area contributed by atoms with Gasteiger partial charge in [0, 0.05) is 32.8 Å². The van der Waals surface area contributed by atoms with Crippen LogP contribution in [0.25, 0.3) is 6.08 Å². The third-order valence-corrected chi connectivity index (χ3v) is 4.24. The first kappa shape index (κ1) is 14.4. The molecule has 0 aliphatic carbocycles. The van der Waals surface area contributed by atoms with Gasteiger partial charge in [-0.25, -0.2) is 4.79 Å². The monoisotopic (exact) mass is 309 g/mol. The lowest BCUT2D eigenvalue weighted by Crippen LogP contribution is -1.99. The molecule has 0 spiro atoms. The van der Waals surface area contributed by atoms with Gasteiger partial charge in [-0.15, -0.1) is 11.3 Å². The topological polar surface area (TPSA) is 69.4 Å². The summed E-state index contributed by atoms with van der Waals surface area (Å²) in [6, 6.07) is 5.30. The third-order valence-electron chi connectivity index (χ3n) is 2.35. The molecule has 2 heterocycles. The molecule has 2 rings (SSSR count). The van der Waals surface area contributed by atoms with Gasteiger partial charge < -0.3 is 4.74 Å². The van der Waals surface area contributed by atoms with Crippen molar-refractivity contribution in [1.82, 2.24) is 0 Å². The molecule has 0 unspecified atom stereocenters. The second-order valence-corrected chi connectivity index (χ2v) is 6.15. The van der Waals surface area contributed by atoms with Crippen LogP contribution in [0, 0.1) is 17.0 Å². The number of carbonyl (C=O) groups is 1. The second-order valence-electron chi connectivity index (χ2n) is 3.94. The van der Waals surface area contributed by atoms with E-state index in [2.05, 4.69) is 0 Å². The van der Waals surface area contributed by atoms with E-state index in [0.29, 0.717) is 5.56 Å². The normalized spacial score (nSPS) is 10.8. The second kappa shape index (κ2) is 6.44. The predicted molar refractivity (Wildman–Crippen MR) is 78.9 cm³/mol. The summed E-state index contributed by atoms with van der Waals surface area (Å²) in [7, 11) is 0. The van der Waals surface area contributed by atoms with E-state index in [4.69, 9.17) is 4.74 Å². The Hall–Kier alpha value is -1.99. The number of rotatable bonds is 5. The maximum Gasteiger partial charge on any atom is 0.331 e. The molecule has 0 saturated carbocycles. The Balaban J connectivity index is 1.85. The average Bonchev–Trinajstić information content (AvgIpc) is 3.03. The molecule has 0 amide bonds. The van der Waals surface area contributed by atoms with E-state index in [1.807, 2.05) is 19.1 Å². The molecule has 0 fully saturated rings. The summed E-state index contributed by atoms with van der Waals surface area (Å²) in [6.45, 7) is 2.03. The summed E-state index contributed by atoms with van der Waals surface area (Å²) in [5.41, 5.74) is 0.621. The minimum atomic E-state index is -0.468. The highest BCUT2D eigenvalue weighted by Gasteiger charge is 2.10. The summed E-state index contributed by atoms with van der Waals surface area (Å²) in [5, 5.41) is 12.2. The zero-order chi connectivity index (χ0) is 14.5. The molecule has 104 valence electrons. The van der Waals surface area contributed by atoms with Crippen LogP contribution in [0.5, 0.6) is 0 Å². The first-order valence-corrected chi connectivity index (χ1v) is 7.37. The van der Waals surface area contributed by atoms with Crippen LogP contribution in [0.2, 0.25) is 0 Å². The van der Waals surface area contributed by atoms with Crippen LogP contribution in [-0.2, 0) is 16.1 Å². The van der Waals surface area contributed by atoms with Crippen molar-refractivity contribution in [3.05, 3.63) is 55.1 Å². The number of nitro groups is 1. The van der Waals surface area contributed by atoms with Gasteiger partial charge in [-0.2, -0.15) is 0 Å². The molecular weight excluding hydrogens is 298 g/mol. The van der Waals surface area contributed by atoms with Crippen molar-refractivity contribution in [2.24, 2.45) is 0 Å². The van der Waals surface area contributed by atoms with E-state index >= 15 is 0 Å². The smallest absolute Gasteiger partial charge is 0.331 e. The average molecular weight is 309 g/mol. The van der Waals surface area contributed by atoms with E-state index in [0.717, 1.165) is 16.2 Å². The lowest BCUT2D eigenvalue weighted by atomic mass is 10.3. The molecule has 0 aliphatic rings. The minimum Gasteiger partial charge on any atom is -0.458 e. The molecule has 0 aromatic carbocycles. The lowest BCUT2D eigenvalue weighted by molar-refractivity contribution is -0.380. The Labute approximate surface area is 123 Å². The summed E-state index contributed by atoms with van der Waals surface area (Å²) >= 11 is 2.60. The number of ether oxygens (including phenoxy) is 1. The van der Waals surface area contributed by atoms with Crippen molar-refractivity contribution < 1.29 is 14.5 Å². The van der Waals surface area contributed by atoms with Gasteiger partial charge in [0.2, 0.25) is 0 Å². The molecule has 20 heavy (non-hydrogen) atoms. The van der Waals surface area contributed by atoms with Crippen molar-refractivity contribution in [3.63, 3.8) is 0 Å². The fourth-order valence-corrected chi connectivity index (χ4v) is 2.92. The summed E-state index contributed by atoms with van der Waals surface area (Å²) in [4.78, 5) is 23.7. The van der Waals surface area contributed by atoms with Crippen LogP contribution < -0.4 is 0 Å². The molecule has 0 atom stereocenters. The molecule has 2 aromatic heterocycles. The number of aryl methyl sites for hydroxylation is 1. The number of carbonyl (C=O) groups excluding carboxylic acids is 1. The Kier molecular flexibility index (Phi) is 4.65. The molecule has 0 N–H and O–H groups in total. The molecule has 0 radical (unpaired) electrons. The van der Waals surface area contributed by atoms with Gasteiger partial charge in [-0.3, -0.25) is 10.1 Å². The summed E-state index contributed by atoms with van der Waals surface area (Å²) in [6.07, 6.45) is 3.04. The van der Waals surface area contributed by atoms with Crippen LogP contribution in [0.4, 0.5) is 5.00 Å². The highest BCUT2D eigenvalue weighted by Crippen LogP contribution is 2.23. The van der Waals surface area contributed by atoms with E-state index in [1.165, 1.54) is 17.0 Å². The fourth-order valence-electron chi connectivity index (χ4n) is 1.43. The van der Waals surface area contributed by atoms with Crippen LogP contribution >= 0.6 is 22.7 Å². The predicted octanol–water partition coefficient (Wildman–Crippen LogP) is 3.78. The van der Waals surface area contributed by atoms with Crippen molar-refractivity contribution in [2.75, 3.05) is 0 Å². The quantitative estimate of drug-likeness (QED) is 0.365. The Bertz CT molecular complexity index is 657. The van der Waals surface area contributed by atoms with E-state index in [-0.39, 0.29) is 11.6 Å². The number of hydrogen-bond acceptors (Lipinski definition) is 6. The number of esters is 1. The molecular formula is C13H11NO4S2. The molecule has 0 aliphatic heterocycles. The summed E-state index contributed by atoms with van der Waals surface area (Å²) < 4.78 is 5.01. The van der Waals surface area contributed by atoms with Crippen LogP contribution in [0.3, 0.4) is 0 Å². The van der Waals surface area contributed by atoms with Gasteiger partial charge in [0.05, 0.1) is 4.92 Å². The van der Waals surface area contributed by atoms with Gasteiger partial charge in [-0.05, 0) is 25.1 Å². The maximum absolute atomic E-state index is 11.5. The maximum atomic E-state index is 11.5. The third kappa shape index (κ3) is 4.01. The molecule has 0 saturated heterocycles. The van der Waals surface area contributed by atoms with Crippen molar-refractivity contribution in [1.29, 1.82) is 0 Å². The number of thiophene rings is 2. The zero-order valence-electron chi connectivity index (χ0n) is 10.6. The van der Waals surface area contributed by atoms with Crippen LogP contribution in [-0.4, -0.2) is 10.9 Å². The number of hydrogen-bond donors (Lipinski definition) is 0. The highest BCUT2D eigenvalue weighted by atomic mass is 32.1. The SMILES string of the molecule is Cc1ccc(/C=C/C(=O)OCc2csc([N+](=O)[O-])c2)s1. The van der Waals surface area contributed by atoms with Crippen molar-refractivity contribution >= 4 is 39.7 Å². The van der Waals surface area contributed by atoms with Crippen LogP contribution in [0.1, 0.15) is 15.3 Å². The minimum absolute atomic E-state index is 0.0387. The Morgan fingerprint density at radius 1 is 1.50 bits per heavy atom. The fraction of sp³-hybridized carbons (Fsp3) is 0.154. The van der Waals surface area contributed by atoms with Crippen molar-refractivity contribution in [2.45, 2.75) is 13.5 Å². The van der Waals surface area contributed by atoms with Gasteiger partial charge in [0.1, 0.15) is 6.61 Å². The van der Waals surface area contributed by atoms with E-state index < -0.39 is 10.9 Å². The Morgan fingerprint density at radius 3 is 2.90 bits per heavy atom. The Morgan fingerprint density at radius 2 is 2.30 bits per heavy atom. The molecule has 5 nitrogen and oxygen atoms in total. The van der Waals surface area contributed by atoms with Gasteiger partial charge in [0.15, 0.2) is 0 Å².